The molecule has 0 saturated carbocycles. The Balaban J connectivity index is 1.41. The van der Waals surface area contributed by atoms with Gasteiger partial charge in [0.15, 0.2) is 5.54 Å². The molecule has 260 valence electrons. The van der Waals surface area contributed by atoms with Crippen LogP contribution in [0.3, 0.4) is 0 Å². The number of fused-ring (bicyclic) bond motifs is 1. The molecule has 9 heteroatoms. The Morgan fingerprint density at radius 1 is 0.863 bits per heavy atom. The minimum atomic E-state index is -1.87. The Bertz CT molecular complexity index is 2010. The van der Waals surface area contributed by atoms with Crippen LogP contribution in [-0.4, -0.2) is 38.4 Å². The first-order valence-electron chi connectivity index (χ1n) is 16.9. The zero-order chi connectivity index (χ0) is 36.2. The van der Waals surface area contributed by atoms with Crippen molar-refractivity contribution in [3.63, 3.8) is 0 Å². The molecule has 0 fully saturated rings. The molecule has 0 spiro atoms. The van der Waals surface area contributed by atoms with E-state index in [1.54, 1.807) is 92.4 Å². The normalized spacial score (nSPS) is 16.4. The molecule has 1 aliphatic rings. The average Bonchev–Trinajstić information content (AvgIpc) is 3.26. The van der Waals surface area contributed by atoms with Gasteiger partial charge in [-0.3, -0.25) is 20.2 Å². The minimum Gasteiger partial charge on any atom is -0.458 e. The summed E-state index contributed by atoms with van der Waals surface area (Å²) in [4.78, 5) is 42.3. The van der Waals surface area contributed by atoms with Crippen molar-refractivity contribution in [1.82, 2.24) is 10.2 Å². The molecule has 1 amide bonds. The molecule has 2 N–H and O–H groups in total. The number of ether oxygens (including phenoxy) is 1. The van der Waals surface area contributed by atoms with Gasteiger partial charge in [0.2, 0.25) is 5.91 Å². The third-order valence-electron chi connectivity index (χ3n) is 9.13. The average molecular weight is 684 g/mol. The molecule has 3 atom stereocenters. The molecule has 0 aliphatic carbocycles. The molecule has 5 aromatic carbocycles. The first kappa shape index (κ1) is 35.2. The van der Waals surface area contributed by atoms with E-state index in [0.29, 0.717) is 28.8 Å². The second kappa shape index (κ2) is 14.7. The van der Waals surface area contributed by atoms with Crippen LogP contribution in [-0.2, 0) is 39.4 Å². The number of nitrogens with zero attached hydrogens (tertiary/aromatic N) is 2. The van der Waals surface area contributed by atoms with Crippen molar-refractivity contribution >= 4 is 17.6 Å². The zero-order valence-corrected chi connectivity index (χ0v) is 28.9. The quantitative estimate of drug-likeness (QED) is 0.0902. The molecule has 1 heterocycles. The van der Waals surface area contributed by atoms with Gasteiger partial charge in [0, 0.05) is 19.2 Å². The first-order chi connectivity index (χ1) is 24.5. The molecule has 0 bridgehead atoms. The van der Waals surface area contributed by atoms with Crippen molar-refractivity contribution < 1.29 is 24.4 Å². The first-order valence-corrected chi connectivity index (χ1v) is 16.9. The Morgan fingerprint density at radius 2 is 1.45 bits per heavy atom. The van der Waals surface area contributed by atoms with E-state index in [9.17, 15) is 24.8 Å². The number of aliphatic hydroxyl groups is 1. The van der Waals surface area contributed by atoms with Crippen molar-refractivity contribution in [2.75, 3.05) is 0 Å². The lowest BCUT2D eigenvalue weighted by molar-refractivity contribution is -0.384. The van der Waals surface area contributed by atoms with Gasteiger partial charge < -0.3 is 14.7 Å². The van der Waals surface area contributed by atoms with Crippen LogP contribution in [0, 0.1) is 10.1 Å². The number of carbonyl (C=O) groups is 2. The van der Waals surface area contributed by atoms with E-state index in [4.69, 9.17) is 4.74 Å². The van der Waals surface area contributed by atoms with Crippen molar-refractivity contribution in [1.29, 1.82) is 0 Å². The maximum absolute atomic E-state index is 14.8. The van der Waals surface area contributed by atoms with E-state index in [0.717, 1.165) is 16.7 Å². The third kappa shape index (κ3) is 7.60. The Morgan fingerprint density at radius 3 is 2.10 bits per heavy atom. The molecule has 5 aromatic rings. The largest absolute Gasteiger partial charge is 0.458 e. The van der Waals surface area contributed by atoms with Crippen molar-refractivity contribution in [2.24, 2.45) is 0 Å². The summed E-state index contributed by atoms with van der Waals surface area (Å²) in [6, 6.07) is 38.7. The van der Waals surface area contributed by atoms with Crippen LogP contribution in [0.15, 0.2) is 133 Å². The van der Waals surface area contributed by atoms with E-state index in [1.165, 1.54) is 6.07 Å². The van der Waals surface area contributed by atoms with Gasteiger partial charge in [-0.1, -0.05) is 121 Å². The SMILES string of the molecule is CC(C)(C)OC(=O)[C@@](N[C@@H]1Cc2ccccc2CN(Cc2ccc(-c3ccccc3[N+](=O)[O-])cc2)C1=O)(c1ccccc1)[C@@H](O)c1ccccc1. The van der Waals surface area contributed by atoms with Crippen LogP contribution < -0.4 is 5.32 Å². The number of esters is 1. The summed E-state index contributed by atoms with van der Waals surface area (Å²) in [5.41, 5.74) is 2.14. The van der Waals surface area contributed by atoms with E-state index >= 15 is 0 Å². The summed E-state index contributed by atoms with van der Waals surface area (Å²) in [7, 11) is 0. The fourth-order valence-corrected chi connectivity index (χ4v) is 6.68. The van der Waals surface area contributed by atoms with Crippen molar-refractivity contribution in [3.05, 3.63) is 171 Å². The van der Waals surface area contributed by atoms with Gasteiger partial charge in [0.1, 0.15) is 11.7 Å². The number of hydrogen-bond donors (Lipinski definition) is 2. The summed E-state index contributed by atoms with van der Waals surface area (Å²) in [6.07, 6.45) is -1.16. The Kier molecular flexibility index (Phi) is 10.1. The molecule has 6 rings (SSSR count). The fraction of sp³-hybridized carbons (Fsp3) is 0.238. The van der Waals surface area contributed by atoms with Crippen LogP contribution in [0.5, 0.6) is 0 Å². The highest BCUT2D eigenvalue weighted by molar-refractivity contribution is 5.88. The van der Waals surface area contributed by atoms with Crippen molar-refractivity contribution in [3.8, 4) is 11.1 Å². The predicted octanol–water partition coefficient (Wildman–Crippen LogP) is 7.28. The van der Waals surface area contributed by atoms with Gasteiger partial charge in [-0.25, -0.2) is 4.79 Å². The van der Waals surface area contributed by atoms with E-state index in [-0.39, 0.29) is 24.6 Å². The number of benzene rings is 5. The van der Waals surface area contributed by atoms with Gasteiger partial charge >= 0.3 is 5.97 Å². The summed E-state index contributed by atoms with van der Waals surface area (Å²) in [5.74, 6) is -0.960. The number of nitro benzene ring substituents is 1. The molecule has 9 nitrogen and oxygen atoms in total. The summed E-state index contributed by atoms with van der Waals surface area (Å²) in [6.45, 7) is 5.88. The highest BCUT2D eigenvalue weighted by Crippen LogP contribution is 2.39. The van der Waals surface area contributed by atoms with Crippen LogP contribution in [0.25, 0.3) is 11.1 Å². The fourth-order valence-electron chi connectivity index (χ4n) is 6.68. The third-order valence-corrected chi connectivity index (χ3v) is 9.13. The molecule has 0 saturated heterocycles. The summed E-state index contributed by atoms with van der Waals surface area (Å²) < 4.78 is 6.04. The summed E-state index contributed by atoms with van der Waals surface area (Å²) >= 11 is 0. The van der Waals surface area contributed by atoms with Crippen LogP contribution >= 0.6 is 0 Å². The second-order valence-corrected chi connectivity index (χ2v) is 13.8. The van der Waals surface area contributed by atoms with Gasteiger partial charge in [-0.15, -0.1) is 0 Å². The number of para-hydroxylation sites is 1. The standard InChI is InChI=1S/C42H41N3O6/c1-41(2,3)51-40(48)42(34-18-8-5-9-19-34,38(46)31-14-6-4-7-15-31)43-36-26-32-16-10-11-17-33(32)28-44(39(36)47)27-29-22-24-30(25-23-29)35-20-12-13-21-37(35)45(49)50/h4-25,36,38,43,46H,26-28H2,1-3H3/t36-,38+,42-/m1/s1. The highest BCUT2D eigenvalue weighted by atomic mass is 16.6. The molecule has 0 unspecified atom stereocenters. The Labute approximate surface area is 297 Å². The Hall–Kier alpha value is -5.64. The smallest absolute Gasteiger partial charge is 0.334 e. The predicted molar refractivity (Wildman–Crippen MR) is 195 cm³/mol. The van der Waals surface area contributed by atoms with Crippen LogP contribution in [0.1, 0.15) is 54.7 Å². The monoisotopic (exact) mass is 683 g/mol. The number of hydrogen-bond acceptors (Lipinski definition) is 7. The van der Waals surface area contributed by atoms with E-state index < -0.39 is 34.2 Å². The second-order valence-electron chi connectivity index (χ2n) is 13.8. The van der Waals surface area contributed by atoms with Crippen molar-refractivity contribution in [2.45, 2.75) is 63.6 Å². The van der Waals surface area contributed by atoms with Crippen LogP contribution in [0.4, 0.5) is 5.69 Å². The number of nitrogens with one attached hydrogen (secondary N) is 1. The van der Waals surface area contributed by atoms with Gasteiger partial charge in [-0.2, -0.15) is 0 Å². The lowest BCUT2D eigenvalue weighted by atomic mass is 9.79. The summed E-state index contributed by atoms with van der Waals surface area (Å²) in [5, 5.41) is 27.4. The number of amides is 1. The molecule has 0 radical (unpaired) electrons. The van der Waals surface area contributed by atoms with Crippen LogP contribution in [0.2, 0.25) is 0 Å². The molecular weight excluding hydrogens is 642 g/mol. The number of aliphatic hydroxyl groups excluding tert-OH is 1. The van der Waals surface area contributed by atoms with Gasteiger partial charge in [0.05, 0.1) is 16.5 Å². The molecule has 1 aliphatic heterocycles. The van der Waals surface area contributed by atoms with Gasteiger partial charge in [-0.05, 0) is 66.6 Å². The topological polar surface area (TPSA) is 122 Å². The lowest BCUT2D eigenvalue weighted by Gasteiger charge is -2.41. The number of nitro groups is 1. The highest BCUT2D eigenvalue weighted by Gasteiger charge is 2.52. The van der Waals surface area contributed by atoms with Gasteiger partial charge in [0.25, 0.3) is 5.69 Å². The minimum absolute atomic E-state index is 0.0167. The molecular formula is C42H41N3O6. The lowest BCUT2D eigenvalue weighted by Crippen LogP contribution is -2.62. The molecule has 51 heavy (non-hydrogen) atoms. The zero-order valence-electron chi connectivity index (χ0n) is 28.9. The number of carbonyl (C=O) groups excluding carboxylic acids is 2. The number of rotatable bonds is 10. The molecule has 0 aromatic heterocycles. The maximum atomic E-state index is 14.8. The van der Waals surface area contributed by atoms with E-state index in [1.807, 2.05) is 60.7 Å². The maximum Gasteiger partial charge on any atom is 0.334 e. The van der Waals surface area contributed by atoms with E-state index in [2.05, 4.69) is 5.32 Å².